The van der Waals surface area contributed by atoms with Crippen LogP contribution >= 0.6 is 23.2 Å². The fourth-order valence-corrected chi connectivity index (χ4v) is 4.21. The van der Waals surface area contributed by atoms with E-state index in [0.29, 0.717) is 5.56 Å². The summed E-state index contributed by atoms with van der Waals surface area (Å²) in [5.41, 5.74) is 0.354. The lowest BCUT2D eigenvalue weighted by Gasteiger charge is -2.17. The summed E-state index contributed by atoms with van der Waals surface area (Å²) in [5.74, 6) is -4.24. The summed E-state index contributed by atoms with van der Waals surface area (Å²) < 4.78 is 14.1. The summed E-state index contributed by atoms with van der Waals surface area (Å²) in [6.07, 6.45) is -0.0971. The second kappa shape index (κ2) is 9.24. The number of benzene rings is 3. The zero-order chi connectivity index (χ0) is 24.6. The number of nitrogens with one attached hydrogen (secondary N) is 1. The third-order valence-corrected chi connectivity index (χ3v) is 5.92. The molecule has 0 saturated heterocycles. The minimum absolute atomic E-state index is 0.0269. The van der Waals surface area contributed by atoms with Crippen molar-refractivity contribution in [1.82, 2.24) is 5.32 Å². The van der Waals surface area contributed by atoms with Gasteiger partial charge in [0, 0.05) is 6.42 Å². The van der Waals surface area contributed by atoms with Crippen LogP contribution < -0.4 is 10.2 Å². The third kappa shape index (κ3) is 4.25. The molecule has 10 heteroatoms. The second-order valence-electron chi connectivity index (χ2n) is 7.44. The fourth-order valence-electron chi connectivity index (χ4n) is 3.64. The molecule has 0 spiro atoms. The van der Waals surface area contributed by atoms with Gasteiger partial charge in [0.2, 0.25) is 0 Å². The minimum atomic E-state index is -1.31. The molecule has 7 nitrogen and oxygen atoms in total. The van der Waals surface area contributed by atoms with E-state index in [1.807, 2.05) is 0 Å². The van der Waals surface area contributed by atoms with Gasteiger partial charge in [0.05, 0.1) is 32.4 Å². The maximum atomic E-state index is 14.1. The highest BCUT2D eigenvalue weighted by Crippen LogP contribution is 2.30. The number of carboxylic acids is 1. The van der Waals surface area contributed by atoms with Gasteiger partial charge in [-0.15, -0.1) is 0 Å². The molecular formula is C24H15Cl2FN2O5. The summed E-state index contributed by atoms with van der Waals surface area (Å²) >= 11 is 12.0. The number of carboxylic acid groups (broad SMARTS) is 1. The molecule has 1 atom stereocenters. The van der Waals surface area contributed by atoms with Crippen molar-refractivity contribution in [1.29, 1.82) is 0 Å². The largest absolute Gasteiger partial charge is 0.480 e. The summed E-state index contributed by atoms with van der Waals surface area (Å²) in [6, 6.07) is 12.9. The maximum Gasteiger partial charge on any atom is 0.326 e. The Morgan fingerprint density at radius 3 is 2.15 bits per heavy atom. The van der Waals surface area contributed by atoms with Crippen molar-refractivity contribution >= 4 is 52.6 Å². The number of imide groups is 1. The molecule has 34 heavy (non-hydrogen) atoms. The normalized spacial score (nSPS) is 13.6. The Morgan fingerprint density at radius 1 is 0.941 bits per heavy atom. The Balaban J connectivity index is 1.52. The molecule has 3 aromatic rings. The first kappa shape index (κ1) is 23.4. The van der Waals surface area contributed by atoms with E-state index in [1.54, 1.807) is 6.07 Å². The monoisotopic (exact) mass is 500 g/mol. The van der Waals surface area contributed by atoms with Gasteiger partial charge in [-0.25, -0.2) is 14.1 Å². The Labute approximate surface area is 202 Å². The van der Waals surface area contributed by atoms with Gasteiger partial charge >= 0.3 is 5.97 Å². The van der Waals surface area contributed by atoms with Crippen molar-refractivity contribution in [2.24, 2.45) is 0 Å². The fraction of sp³-hybridized carbons (Fsp3) is 0.0833. The van der Waals surface area contributed by atoms with Crippen LogP contribution in [0.25, 0.3) is 0 Å². The summed E-state index contributed by atoms with van der Waals surface area (Å²) in [6.45, 7) is 0. The van der Waals surface area contributed by atoms with Gasteiger partial charge in [0.25, 0.3) is 17.7 Å². The van der Waals surface area contributed by atoms with Gasteiger partial charge in [-0.3, -0.25) is 14.4 Å². The molecule has 3 amide bonds. The van der Waals surface area contributed by atoms with Crippen LogP contribution in [0.4, 0.5) is 10.1 Å². The molecule has 2 N–H and O–H groups in total. The highest BCUT2D eigenvalue weighted by molar-refractivity contribution is 6.39. The Morgan fingerprint density at radius 2 is 1.56 bits per heavy atom. The SMILES string of the molecule is O=C(N[C@@H](Cc1ccc(N2C(=O)c3cccc(F)c3C2=O)cc1)C(=O)O)c1c(Cl)cccc1Cl. The van der Waals surface area contributed by atoms with E-state index in [0.717, 1.165) is 11.0 Å². The van der Waals surface area contributed by atoms with Crippen LogP contribution in [0.2, 0.25) is 10.0 Å². The zero-order valence-electron chi connectivity index (χ0n) is 17.2. The van der Waals surface area contributed by atoms with Gasteiger partial charge in [-0.1, -0.05) is 47.5 Å². The summed E-state index contributed by atoms with van der Waals surface area (Å²) in [7, 11) is 0. The van der Waals surface area contributed by atoms with E-state index in [1.165, 1.54) is 48.5 Å². The smallest absolute Gasteiger partial charge is 0.326 e. The van der Waals surface area contributed by atoms with Gasteiger partial charge in [0.1, 0.15) is 11.9 Å². The Bertz CT molecular complexity index is 1320. The second-order valence-corrected chi connectivity index (χ2v) is 8.25. The first-order valence-electron chi connectivity index (χ1n) is 9.93. The van der Waals surface area contributed by atoms with E-state index < -0.39 is 35.5 Å². The van der Waals surface area contributed by atoms with Crippen molar-refractivity contribution < 1.29 is 28.7 Å². The third-order valence-electron chi connectivity index (χ3n) is 5.29. The molecule has 172 valence electrons. The molecule has 0 aliphatic carbocycles. The molecule has 0 fully saturated rings. The number of fused-ring (bicyclic) bond motifs is 1. The van der Waals surface area contributed by atoms with Crippen LogP contribution in [0.3, 0.4) is 0 Å². The Kier molecular flexibility index (Phi) is 6.37. The number of carbonyl (C=O) groups is 4. The molecular weight excluding hydrogens is 486 g/mol. The van der Waals surface area contributed by atoms with E-state index in [-0.39, 0.29) is 38.8 Å². The van der Waals surface area contributed by atoms with Crippen molar-refractivity contribution in [3.05, 3.63) is 98.8 Å². The number of nitrogens with zero attached hydrogens (tertiary/aromatic N) is 1. The van der Waals surface area contributed by atoms with Crippen molar-refractivity contribution in [3.8, 4) is 0 Å². The lowest BCUT2D eigenvalue weighted by atomic mass is 10.0. The maximum absolute atomic E-state index is 14.1. The molecule has 0 unspecified atom stereocenters. The average molecular weight is 501 g/mol. The van der Waals surface area contributed by atoms with Crippen LogP contribution in [-0.4, -0.2) is 34.8 Å². The number of rotatable bonds is 6. The van der Waals surface area contributed by atoms with Gasteiger partial charge in [0.15, 0.2) is 0 Å². The molecule has 0 radical (unpaired) electrons. The number of hydrogen-bond donors (Lipinski definition) is 2. The van der Waals surface area contributed by atoms with Crippen molar-refractivity contribution in [2.75, 3.05) is 4.90 Å². The average Bonchev–Trinajstić information content (AvgIpc) is 3.05. The molecule has 1 aliphatic rings. The van der Waals surface area contributed by atoms with Crippen LogP contribution in [-0.2, 0) is 11.2 Å². The molecule has 0 aromatic heterocycles. The van der Waals surface area contributed by atoms with E-state index >= 15 is 0 Å². The lowest BCUT2D eigenvalue weighted by Crippen LogP contribution is -2.42. The number of anilines is 1. The molecule has 4 rings (SSSR count). The standard InChI is InChI=1S/C24H15Cl2FN2O5/c25-15-4-2-5-16(26)20(15)21(30)28-18(24(33)34)11-12-7-9-13(10-8-12)29-22(31)14-3-1-6-17(27)19(14)23(29)32/h1-10,18H,11H2,(H,28,30)(H,33,34)/t18-/m0/s1. The molecule has 1 heterocycles. The van der Waals surface area contributed by atoms with Crippen LogP contribution in [0, 0.1) is 5.82 Å². The Hall–Kier alpha value is -3.75. The molecule has 0 bridgehead atoms. The molecule has 1 aliphatic heterocycles. The van der Waals surface area contributed by atoms with E-state index in [2.05, 4.69) is 5.32 Å². The molecule has 3 aromatic carbocycles. The number of hydrogen-bond acceptors (Lipinski definition) is 4. The quantitative estimate of drug-likeness (QED) is 0.489. The highest BCUT2D eigenvalue weighted by Gasteiger charge is 2.38. The topological polar surface area (TPSA) is 104 Å². The predicted octanol–water partition coefficient (Wildman–Crippen LogP) is 4.36. The van der Waals surface area contributed by atoms with E-state index in [4.69, 9.17) is 23.2 Å². The lowest BCUT2D eigenvalue weighted by molar-refractivity contribution is -0.139. The molecule has 0 saturated carbocycles. The van der Waals surface area contributed by atoms with Gasteiger partial charge in [-0.2, -0.15) is 0 Å². The van der Waals surface area contributed by atoms with Crippen LogP contribution in [0.1, 0.15) is 36.6 Å². The van der Waals surface area contributed by atoms with Crippen LogP contribution in [0.5, 0.6) is 0 Å². The first-order valence-corrected chi connectivity index (χ1v) is 10.7. The predicted molar refractivity (Wildman–Crippen MR) is 123 cm³/mol. The van der Waals surface area contributed by atoms with Crippen molar-refractivity contribution in [2.45, 2.75) is 12.5 Å². The number of amides is 3. The van der Waals surface area contributed by atoms with E-state index in [9.17, 15) is 28.7 Å². The first-order chi connectivity index (χ1) is 16.2. The van der Waals surface area contributed by atoms with Gasteiger partial charge < -0.3 is 10.4 Å². The van der Waals surface area contributed by atoms with Gasteiger partial charge in [-0.05, 0) is 42.0 Å². The van der Waals surface area contributed by atoms with Crippen molar-refractivity contribution in [3.63, 3.8) is 0 Å². The summed E-state index contributed by atoms with van der Waals surface area (Å²) in [5, 5.41) is 12.1. The van der Waals surface area contributed by atoms with Crippen LogP contribution in [0.15, 0.2) is 60.7 Å². The number of aliphatic carboxylic acids is 1. The minimum Gasteiger partial charge on any atom is -0.480 e. The highest BCUT2D eigenvalue weighted by atomic mass is 35.5. The zero-order valence-corrected chi connectivity index (χ0v) is 18.7. The number of carbonyl (C=O) groups excluding carboxylic acids is 3. The summed E-state index contributed by atoms with van der Waals surface area (Å²) in [4.78, 5) is 50.4. The number of halogens is 3.